The van der Waals surface area contributed by atoms with Crippen LogP contribution < -0.4 is 5.32 Å². The van der Waals surface area contributed by atoms with Gasteiger partial charge in [-0.3, -0.25) is 14.4 Å². The first kappa shape index (κ1) is 17.2. The van der Waals surface area contributed by atoms with E-state index in [9.17, 15) is 14.4 Å². The van der Waals surface area contributed by atoms with Crippen LogP contribution in [0.25, 0.3) is 0 Å². The summed E-state index contributed by atoms with van der Waals surface area (Å²) in [6, 6.07) is 3.44. The average Bonchev–Trinajstić information content (AvgIpc) is 2.91. The molecule has 7 heteroatoms. The molecule has 2 N–H and O–H groups in total. The number of hydrogen-bond acceptors (Lipinski definition) is 4. The molecule has 6 nitrogen and oxygen atoms in total. The van der Waals surface area contributed by atoms with Gasteiger partial charge >= 0.3 is 5.97 Å². The summed E-state index contributed by atoms with van der Waals surface area (Å²) in [5.41, 5.74) is 0. The van der Waals surface area contributed by atoms with E-state index in [1.165, 1.54) is 16.2 Å². The Balaban J connectivity index is 2.39. The molecule has 1 rings (SSSR count). The van der Waals surface area contributed by atoms with Gasteiger partial charge < -0.3 is 15.3 Å². The lowest BCUT2D eigenvalue weighted by atomic mass is 10.2. The Labute approximate surface area is 127 Å². The number of aliphatic carboxylic acids is 1. The highest BCUT2D eigenvalue weighted by molar-refractivity contribution is 7.12. The maximum Gasteiger partial charge on any atom is 0.305 e. The highest BCUT2D eigenvalue weighted by atomic mass is 32.1. The van der Waals surface area contributed by atoms with Crippen LogP contribution in [0.4, 0.5) is 0 Å². The van der Waals surface area contributed by atoms with Gasteiger partial charge in [-0.05, 0) is 25.3 Å². The standard InChI is InChI=1S/C14H20N2O4S/c1-10(2)16(8-6-13(18)19)12(17)5-7-15-14(20)11-4-3-9-21-11/h3-4,9-10H,5-8H2,1-2H3,(H,15,20)(H,18,19). The molecular formula is C14H20N2O4S. The molecular weight excluding hydrogens is 292 g/mol. The zero-order chi connectivity index (χ0) is 15.8. The molecule has 0 aliphatic heterocycles. The van der Waals surface area contributed by atoms with Gasteiger partial charge in [0.1, 0.15) is 0 Å². The number of nitrogens with zero attached hydrogens (tertiary/aromatic N) is 1. The number of carboxylic acids is 1. The molecule has 0 atom stereocenters. The summed E-state index contributed by atoms with van der Waals surface area (Å²) in [6.07, 6.45) is 0.0837. The minimum atomic E-state index is -0.931. The Morgan fingerprint density at radius 2 is 2.05 bits per heavy atom. The van der Waals surface area contributed by atoms with E-state index in [-0.39, 0.29) is 43.8 Å². The Bertz CT molecular complexity index is 485. The van der Waals surface area contributed by atoms with Crippen molar-refractivity contribution in [1.82, 2.24) is 10.2 Å². The van der Waals surface area contributed by atoms with Gasteiger partial charge in [-0.25, -0.2) is 0 Å². The van der Waals surface area contributed by atoms with Gasteiger partial charge in [0.05, 0.1) is 11.3 Å². The van der Waals surface area contributed by atoms with Gasteiger partial charge in [0.25, 0.3) is 5.91 Å². The van der Waals surface area contributed by atoms with Gasteiger partial charge in [-0.1, -0.05) is 6.07 Å². The Hall–Kier alpha value is -1.89. The predicted octanol–water partition coefficient (Wildman–Crippen LogP) is 1.58. The third-order valence-electron chi connectivity index (χ3n) is 2.88. The minimum Gasteiger partial charge on any atom is -0.481 e. The molecule has 0 aromatic carbocycles. The van der Waals surface area contributed by atoms with Crippen LogP contribution in [0, 0.1) is 0 Å². The molecule has 0 unspecified atom stereocenters. The van der Waals surface area contributed by atoms with E-state index in [2.05, 4.69) is 5.32 Å². The second kappa shape index (κ2) is 8.41. The molecule has 0 fully saturated rings. The van der Waals surface area contributed by atoms with Crippen LogP contribution in [0.3, 0.4) is 0 Å². The van der Waals surface area contributed by atoms with Crippen molar-refractivity contribution in [3.05, 3.63) is 22.4 Å². The number of nitrogens with one attached hydrogen (secondary N) is 1. The molecule has 0 aliphatic rings. The number of amides is 2. The summed E-state index contributed by atoms with van der Waals surface area (Å²) in [5.74, 6) is -1.28. The summed E-state index contributed by atoms with van der Waals surface area (Å²) in [5, 5.41) is 13.2. The average molecular weight is 312 g/mol. The molecule has 1 aromatic heterocycles. The smallest absolute Gasteiger partial charge is 0.305 e. The summed E-state index contributed by atoms with van der Waals surface area (Å²) >= 11 is 1.34. The normalized spacial score (nSPS) is 10.4. The molecule has 0 aliphatic carbocycles. The zero-order valence-corrected chi connectivity index (χ0v) is 13.0. The van der Waals surface area contributed by atoms with Crippen molar-refractivity contribution < 1.29 is 19.5 Å². The molecule has 0 saturated heterocycles. The van der Waals surface area contributed by atoms with E-state index >= 15 is 0 Å². The zero-order valence-electron chi connectivity index (χ0n) is 12.2. The van der Waals surface area contributed by atoms with Crippen LogP contribution in [-0.2, 0) is 9.59 Å². The summed E-state index contributed by atoms with van der Waals surface area (Å²) in [7, 11) is 0. The highest BCUT2D eigenvalue weighted by Gasteiger charge is 2.18. The van der Waals surface area contributed by atoms with Gasteiger partial charge in [0.2, 0.25) is 5.91 Å². The number of carbonyl (C=O) groups is 3. The summed E-state index contributed by atoms with van der Waals surface area (Å²) in [6.45, 7) is 4.10. The summed E-state index contributed by atoms with van der Waals surface area (Å²) in [4.78, 5) is 36.5. The molecule has 0 saturated carbocycles. The molecule has 21 heavy (non-hydrogen) atoms. The number of hydrogen-bond donors (Lipinski definition) is 2. The van der Waals surface area contributed by atoms with E-state index in [1.54, 1.807) is 12.1 Å². The maximum absolute atomic E-state index is 12.0. The van der Waals surface area contributed by atoms with Crippen LogP contribution in [0.5, 0.6) is 0 Å². The van der Waals surface area contributed by atoms with E-state index in [4.69, 9.17) is 5.11 Å². The van der Waals surface area contributed by atoms with Crippen LogP contribution in [-0.4, -0.2) is 46.9 Å². The van der Waals surface area contributed by atoms with Crippen LogP contribution in [0.1, 0.15) is 36.4 Å². The molecule has 0 bridgehead atoms. The minimum absolute atomic E-state index is 0.0650. The first-order chi connectivity index (χ1) is 9.91. The quantitative estimate of drug-likeness (QED) is 0.763. The van der Waals surface area contributed by atoms with Gasteiger partial charge in [-0.2, -0.15) is 0 Å². The number of carboxylic acid groups (broad SMARTS) is 1. The fraction of sp³-hybridized carbons (Fsp3) is 0.500. The predicted molar refractivity (Wildman–Crippen MR) is 80.4 cm³/mol. The number of rotatable bonds is 8. The van der Waals surface area contributed by atoms with Crippen molar-refractivity contribution in [2.24, 2.45) is 0 Å². The lowest BCUT2D eigenvalue weighted by molar-refractivity contribution is -0.139. The first-order valence-electron chi connectivity index (χ1n) is 6.74. The molecule has 0 spiro atoms. The molecule has 116 valence electrons. The van der Waals surface area contributed by atoms with Crippen LogP contribution >= 0.6 is 11.3 Å². The van der Waals surface area contributed by atoms with Crippen LogP contribution in [0.2, 0.25) is 0 Å². The van der Waals surface area contributed by atoms with Crippen molar-refractivity contribution in [2.45, 2.75) is 32.7 Å². The number of carbonyl (C=O) groups excluding carboxylic acids is 2. The second-order valence-electron chi connectivity index (χ2n) is 4.81. The van der Waals surface area contributed by atoms with Crippen molar-refractivity contribution in [3.63, 3.8) is 0 Å². The Morgan fingerprint density at radius 1 is 1.33 bits per heavy atom. The molecule has 2 amide bonds. The first-order valence-corrected chi connectivity index (χ1v) is 7.62. The lowest BCUT2D eigenvalue weighted by Gasteiger charge is -2.26. The lowest BCUT2D eigenvalue weighted by Crippen LogP contribution is -2.40. The Morgan fingerprint density at radius 3 is 2.57 bits per heavy atom. The van der Waals surface area contributed by atoms with Crippen molar-refractivity contribution in [3.8, 4) is 0 Å². The molecule has 1 heterocycles. The number of thiophene rings is 1. The third-order valence-corrected chi connectivity index (χ3v) is 3.75. The topological polar surface area (TPSA) is 86.7 Å². The van der Waals surface area contributed by atoms with Gasteiger partial charge in [-0.15, -0.1) is 11.3 Å². The third kappa shape index (κ3) is 5.95. The van der Waals surface area contributed by atoms with E-state index in [1.807, 2.05) is 19.2 Å². The van der Waals surface area contributed by atoms with Crippen molar-refractivity contribution >= 4 is 29.1 Å². The van der Waals surface area contributed by atoms with Gasteiger partial charge in [0.15, 0.2) is 0 Å². The van der Waals surface area contributed by atoms with E-state index in [0.29, 0.717) is 4.88 Å². The highest BCUT2D eigenvalue weighted by Crippen LogP contribution is 2.08. The maximum atomic E-state index is 12.0. The SMILES string of the molecule is CC(C)N(CCC(=O)O)C(=O)CCNC(=O)c1cccs1. The second-order valence-corrected chi connectivity index (χ2v) is 5.76. The monoisotopic (exact) mass is 312 g/mol. The van der Waals surface area contributed by atoms with Gasteiger partial charge in [0, 0.05) is 25.6 Å². The fourth-order valence-electron chi connectivity index (χ4n) is 1.81. The molecule has 0 radical (unpaired) electrons. The van der Waals surface area contributed by atoms with Crippen LogP contribution in [0.15, 0.2) is 17.5 Å². The summed E-state index contributed by atoms with van der Waals surface area (Å²) < 4.78 is 0. The molecule has 1 aromatic rings. The van der Waals surface area contributed by atoms with E-state index in [0.717, 1.165) is 0 Å². The largest absolute Gasteiger partial charge is 0.481 e. The van der Waals surface area contributed by atoms with Crippen molar-refractivity contribution in [1.29, 1.82) is 0 Å². The van der Waals surface area contributed by atoms with Crippen molar-refractivity contribution in [2.75, 3.05) is 13.1 Å². The van der Waals surface area contributed by atoms with E-state index < -0.39 is 5.97 Å². The fourth-order valence-corrected chi connectivity index (χ4v) is 2.45. The Kier molecular flexibility index (Phi) is 6.87.